The van der Waals surface area contributed by atoms with Gasteiger partial charge in [-0.15, -0.1) is 0 Å². The van der Waals surface area contributed by atoms with Crippen molar-refractivity contribution in [1.29, 1.82) is 0 Å². The zero-order chi connectivity index (χ0) is 22.6. The lowest BCUT2D eigenvalue weighted by atomic mass is 9.99. The lowest BCUT2D eigenvalue weighted by Crippen LogP contribution is -2.34. The highest BCUT2D eigenvalue weighted by molar-refractivity contribution is 5.95. The number of nitrogens with zero attached hydrogens (tertiary/aromatic N) is 2. The molecular weight excluding hydrogens is 410 g/mol. The molecule has 2 heterocycles. The summed E-state index contributed by atoms with van der Waals surface area (Å²) in [5, 5.41) is 7.54. The minimum atomic E-state index is 0.0617. The van der Waals surface area contributed by atoms with Crippen molar-refractivity contribution >= 4 is 11.5 Å². The molecule has 1 aromatic heterocycles. The maximum atomic E-state index is 13.0. The quantitative estimate of drug-likeness (QED) is 0.439. The van der Waals surface area contributed by atoms with Crippen LogP contribution in [0.1, 0.15) is 22.3 Å². The Kier molecular flexibility index (Phi) is 5.77. The Balaban J connectivity index is 1.28. The number of benzene rings is 3. The molecule has 0 unspecified atom stereocenters. The zero-order valence-corrected chi connectivity index (χ0v) is 18.5. The van der Waals surface area contributed by atoms with Gasteiger partial charge in [0.2, 0.25) is 0 Å². The van der Waals surface area contributed by atoms with Crippen LogP contribution >= 0.6 is 0 Å². The second-order valence-corrected chi connectivity index (χ2v) is 8.07. The van der Waals surface area contributed by atoms with Crippen molar-refractivity contribution in [3.63, 3.8) is 0 Å². The van der Waals surface area contributed by atoms with Crippen LogP contribution in [0, 0.1) is 0 Å². The van der Waals surface area contributed by atoms with Gasteiger partial charge in [0.15, 0.2) is 0 Å². The van der Waals surface area contributed by atoms with Gasteiger partial charge in [0.25, 0.3) is 5.91 Å². The summed E-state index contributed by atoms with van der Waals surface area (Å²) >= 11 is 0. The van der Waals surface area contributed by atoms with Gasteiger partial charge < -0.3 is 9.64 Å². The van der Waals surface area contributed by atoms with Gasteiger partial charge in [0.1, 0.15) is 5.75 Å². The summed E-state index contributed by atoms with van der Waals surface area (Å²) in [6.07, 6.45) is 3.03. The van der Waals surface area contributed by atoms with Crippen molar-refractivity contribution in [2.75, 3.05) is 20.2 Å². The lowest BCUT2D eigenvalue weighted by molar-refractivity contribution is 0.0773. The van der Waals surface area contributed by atoms with E-state index in [0.29, 0.717) is 12.1 Å². The summed E-state index contributed by atoms with van der Waals surface area (Å²) in [4.78, 5) is 14.9. The maximum Gasteiger partial charge on any atom is 0.254 e. The number of amides is 1. The summed E-state index contributed by atoms with van der Waals surface area (Å²) in [7, 11) is 1.65. The summed E-state index contributed by atoms with van der Waals surface area (Å²) in [5.41, 5.74) is 6.96. The molecule has 0 aliphatic carbocycles. The monoisotopic (exact) mass is 435 g/mol. The maximum absolute atomic E-state index is 13.0. The summed E-state index contributed by atoms with van der Waals surface area (Å²) in [5.74, 6) is 0.856. The van der Waals surface area contributed by atoms with Crippen molar-refractivity contribution in [3.05, 3.63) is 102 Å². The van der Waals surface area contributed by atoms with Gasteiger partial charge in [0, 0.05) is 24.2 Å². The number of aromatic nitrogens is 2. The van der Waals surface area contributed by atoms with E-state index in [1.807, 2.05) is 65.6 Å². The predicted molar refractivity (Wildman–Crippen MR) is 131 cm³/mol. The third-order valence-corrected chi connectivity index (χ3v) is 6.03. The molecule has 4 aromatic rings. The van der Waals surface area contributed by atoms with Gasteiger partial charge in [-0.1, -0.05) is 60.7 Å². The summed E-state index contributed by atoms with van der Waals surface area (Å²) < 4.78 is 5.30. The third-order valence-electron chi connectivity index (χ3n) is 6.03. The van der Waals surface area contributed by atoms with Crippen LogP contribution in [-0.2, 0) is 0 Å². The highest BCUT2D eigenvalue weighted by Crippen LogP contribution is 2.27. The Morgan fingerprint density at radius 3 is 2.42 bits per heavy atom. The molecular formula is C28H25N3O2. The van der Waals surface area contributed by atoms with E-state index in [0.717, 1.165) is 41.2 Å². The molecule has 1 aliphatic heterocycles. The number of nitrogens with one attached hydrogen (secondary N) is 1. The molecule has 1 amide bonds. The number of hydrogen-bond donors (Lipinski definition) is 1. The van der Waals surface area contributed by atoms with E-state index < -0.39 is 0 Å². The molecule has 3 aromatic carbocycles. The molecule has 0 spiro atoms. The van der Waals surface area contributed by atoms with E-state index in [-0.39, 0.29) is 5.91 Å². The first kappa shape index (κ1) is 20.8. The van der Waals surface area contributed by atoms with Crippen LogP contribution in [0.2, 0.25) is 0 Å². The molecule has 0 atom stereocenters. The van der Waals surface area contributed by atoms with Gasteiger partial charge in [-0.3, -0.25) is 9.89 Å². The average Bonchev–Trinajstić information content (AvgIpc) is 3.39. The van der Waals surface area contributed by atoms with E-state index in [9.17, 15) is 4.79 Å². The number of aromatic amines is 1. The van der Waals surface area contributed by atoms with Crippen molar-refractivity contribution < 1.29 is 9.53 Å². The highest BCUT2D eigenvalue weighted by atomic mass is 16.5. The zero-order valence-electron chi connectivity index (χ0n) is 18.5. The van der Waals surface area contributed by atoms with Gasteiger partial charge >= 0.3 is 0 Å². The first-order valence-electron chi connectivity index (χ1n) is 11.1. The van der Waals surface area contributed by atoms with Gasteiger partial charge in [0.05, 0.1) is 18.5 Å². The summed E-state index contributed by atoms with van der Waals surface area (Å²) in [6, 6.07) is 27.9. The number of hydrogen-bond acceptors (Lipinski definition) is 3. The second kappa shape index (κ2) is 9.17. The van der Waals surface area contributed by atoms with E-state index in [4.69, 9.17) is 4.74 Å². The molecule has 5 rings (SSSR count). The Labute approximate surface area is 193 Å². The SMILES string of the molecule is COc1cccc(-c2cc(-c3ccc(C(=O)N4CC=C(c5ccccc5)CC4)cc3)[nH]n2)c1. The molecule has 1 N–H and O–H groups in total. The van der Waals surface area contributed by atoms with Gasteiger partial charge in [-0.05, 0) is 53.5 Å². The fourth-order valence-electron chi connectivity index (χ4n) is 4.14. The highest BCUT2D eigenvalue weighted by Gasteiger charge is 2.19. The Morgan fingerprint density at radius 2 is 1.70 bits per heavy atom. The number of methoxy groups -OCH3 is 1. The Hall–Kier alpha value is -4.12. The van der Waals surface area contributed by atoms with Crippen LogP contribution in [0.15, 0.2) is 91.0 Å². The molecule has 164 valence electrons. The van der Waals surface area contributed by atoms with Crippen LogP contribution in [0.25, 0.3) is 28.1 Å². The predicted octanol–water partition coefficient (Wildman–Crippen LogP) is 5.68. The van der Waals surface area contributed by atoms with E-state index in [1.54, 1.807) is 7.11 Å². The van der Waals surface area contributed by atoms with E-state index in [1.165, 1.54) is 11.1 Å². The van der Waals surface area contributed by atoms with Crippen molar-refractivity contribution in [1.82, 2.24) is 15.1 Å². The van der Waals surface area contributed by atoms with Gasteiger partial charge in [-0.25, -0.2) is 0 Å². The smallest absolute Gasteiger partial charge is 0.254 e. The largest absolute Gasteiger partial charge is 0.497 e. The van der Waals surface area contributed by atoms with Crippen LogP contribution in [0.3, 0.4) is 0 Å². The van der Waals surface area contributed by atoms with Gasteiger partial charge in [-0.2, -0.15) is 5.10 Å². The first-order valence-corrected chi connectivity index (χ1v) is 11.1. The molecule has 0 saturated heterocycles. The number of H-pyrrole nitrogens is 1. The fourth-order valence-corrected chi connectivity index (χ4v) is 4.14. The number of rotatable bonds is 5. The minimum Gasteiger partial charge on any atom is -0.497 e. The van der Waals surface area contributed by atoms with E-state index in [2.05, 4.69) is 40.5 Å². The van der Waals surface area contributed by atoms with E-state index >= 15 is 0 Å². The molecule has 0 radical (unpaired) electrons. The van der Waals surface area contributed by atoms with Crippen LogP contribution in [-0.4, -0.2) is 41.2 Å². The Morgan fingerprint density at radius 1 is 0.909 bits per heavy atom. The average molecular weight is 436 g/mol. The van der Waals surface area contributed by atoms with Crippen molar-refractivity contribution in [3.8, 4) is 28.3 Å². The fraction of sp³-hybridized carbons (Fsp3) is 0.143. The molecule has 0 fully saturated rings. The van der Waals surface area contributed by atoms with Crippen LogP contribution < -0.4 is 4.74 Å². The molecule has 0 bridgehead atoms. The van der Waals surface area contributed by atoms with Crippen LogP contribution in [0.5, 0.6) is 5.75 Å². The summed E-state index contributed by atoms with van der Waals surface area (Å²) in [6.45, 7) is 1.36. The van der Waals surface area contributed by atoms with Crippen molar-refractivity contribution in [2.45, 2.75) is 6.42 Å². The molecule has 33 heavy (non-hydrogen) atoms. The number of carbonyl (C=O) groups excluding carboxylic acids is 1. The second-order valence-electron chi connectivity index (χ2n) is 8.07. The lowest BCUT2D eigenvalue weighted by Gasteiger charge is -2.27. The standard InChI is InChI=1S/C28H25N3O2/c1-33-25-9-5-8-24(18-25)27-19-26(29-30-27)22-10-12-23(13-11-22)28(32)31-16-14-21(15-17-31)20-6-3-2-4-7-20/h2-14,18-19H,15-17H2,1H3,(H,29,30). The Bertz CT molecular complexity index is 1290. The number of ether oxygens (including phenoxy) is 1. The minimum absolute atomic E-state index is 0.0617. The topological polar surface area (TPSA) is 58.2 Å². The van der Waals surface area contributed by atoms with Crippen LogP contribution in [0.4, 0.5) is 0 Å². The van der Waals surface area contributed by atoms with Crippen molar-refractivity contribution in [2.24, 2.45) is 0 Å². The molecule has 5 heteroatoms. The normalized spacial score (nSPS) is 13.5. The number of carbonyl (C=O) groups is 1. The first-order chi connectivity index (χ1) is 16.2. The molecule has 0 saturated carbocycles. The third kappa shape index (κ3) is 4.44. The molecule has 1 aliphatic rings. The molecule has 5 nitrogen and oxygen atoms in total.